The van der Waals surface area contributed by atoms with Gasteiger partial charge < -0.3 is 5.11 Å². The van der Waals surface area contributed by atoms with Gasteiger partial charge in [0.25, 0.3) is 0 Å². The molecule has 14 heavy (non-hydrogen) atoms. The van der Waals surface area contributed by atoms with Gasteiger partial charge in [0.15, 0.2) is 0 Å². The number of benzene rings is 1. The van der Waals surface area contributed by atoms with Crippen LogP contribution in [-0.4, -0.2) is 11.7 Å². The molecule has 0 aliphatic heterocycles. The Hall–Kier alpha value is -0.750. The molecule has 0 aromatic heterocycles. The standard InChI is InChI=1S/C10H9Cl2NO/c11-9-2-1-7(4-10(9)12)3-8(5-13)6-14/h1-2,4,8,14H,3,6H2/t8-/m0/s1. The van der Waals surface area contributed by atoms with Crippen LogP contribution in [0.15, 0.2) is 18.2 Å². The molecule has 4 heteroatoms. The van der Waals surface area contributed by atoms with E-state index in [-0.39, 0.29) is 12.5 Å². The summed E-state index contributed by atoms with van der Waals surface area (Å²) >= 11 is 11.5. The van der Waals surface area contributed by atoms with Crippen molar-refractivity contribution in [2.24, 2.45) is 5.92 Å². The molecule has 1 aromatic carbocycles. The summed E-state index contributed by atoms with van der Waals surface area (Å²) in [5.41, 5.74) is 0.903. The second-order valence-electron chi connectivity index (χ2n) is 2.96. The summed E-state index contributed by atoms with van der Waals surface area (Å²) in [5.74, 6) is -0.382. The number of aliphatic hydroxyl groups is 1. The summed E-state index contributed by atoms with van der Waals surface area (Å²) in [6.45, 7) is -0.142. The maximum absolute atomic E-state index is 8.83. The molecule has 0 radical (unpaired) electrons. The van der Waals surface area contributed by atoms with Crippen molar-refractivity contribution in [2.75, 3.05) is 6.61 Å². The van der Waals surface area contributed by atoms with Crippen molar-refractivity contribution in [1.29, 1.82) is 5.26 Å². The second kappa shape index (κ2) is 5.21. The van der Waals surface area contributed by atoms with Gasteiger partial charge in [-0.05, 0) is 24.1 Å². The summed E-state index contributed by atoms with van der Waals surface area (Å²) in [6, 6.07) is 7.21. The van der Waals surface area contributed by atoms with Gasteiger partial charge in [0, 0.05) is 0 Å². The van der Waals surface area contributed by atoms with E-state index in [9.17, 15) is 0 Å². The van der Waals surface area contributed by atoms with E-state index in [4.69, 9.17) is 33.6 Å². The van der Waals surface area contributed by atoms with Gasteiger partial charge >= 0.3 is 0 Å². The van der Waals surface area contributed by atoms with Gasteiger partial charge in [-0.3, -0.25) is 0 Å². The monoisotopic (exact) mass is 229 g/mol. The third-order valence-corrected chi connectivity index (χ3v) is 2.61. The number of halogens is 2. The third-order valence-electron chi connectivity index (χ3n) is 1.87. The van der Waals surface area contributed by atoms with Gasteiger partial charge in [0.2, 0.25) is 0 Å². The van der Waals surface area contributed by atoms with E-state index < -0.39 is 0 Å². The number of hydrogen-bond donors (Lipinski definition) is 1. The van der Waals surface area contributed by atoms with Gasteiger partial charge in [-0.1, -0.05) is 29.3 Å². The van der Waals surface area contributed by atoms with Gasteiger partial charge in [-0.2, -0.15) is 5.26 Å². The summed E-state index contributed by atoms with van der Waals surface area (Å²) in [4.78, 5) is 0. The number of nitriles is 1. The average molecular weight is 230 g/mol. The normalized spacial score (nSPS) is 12.1. The van der Waals surface area contributed by atoms with Crippen LogP contribution in [0.4, 0.5) is 0 Å². The van der Waals surface area contributed by atoms with Crippen LogP contribution in [0.1, 0.15) is 5.56 Å². The van der Waals surface area contributed by atoms with Crippen LogP contribution in [0.2, 0.25) is 10.0 Å². The largest absolute Gasteiger partial charge is 0.395 e. The molecule has 2 nitrogen and oxygen atoms in total. The fraction of sp³-hybridized carbons (Fsp3) is 0.300. The van der Waals surface area contributed by atoms with Crippen LogP contribution in [0.25, 0.3) is 0 Å². The molecular formula is C10H9Cl2NO. The van der Waals surface area contributed by atoms with Crippen LogP contribution in [0, 0.1) is 17.2 Å². The van der Waals surface area contributed by atoms with Crippen LogP contribution in [0.5, 0.6) is 0 Å². The predicted octanol–water partition coefficient (Wildman–Crippen LogP) is 2.67. The Morgan fingerprint density at radius 1 is 1.36 bits per heavy atom. The van der Waals surface area contributed by atoms with Crippen molar-refractivity contribution in [3.63, 3.8) is 0 Å². The Labute approximate surface area is 92.7 Å². The number of nitrogens with zero attached hydrogens (tertiary/aromatic N) is 1. The van der Waals surface area contributed by atoms with E-state index in [2.05, 4.69) is 0 Å². The Morgan fingerprint density at radius 3 is 2.57 bits per heavy atom. The fourth-order valence-electron chi connectivity index (χ4n) is 1.10. The fourth-order valence-corrected chi connectivity index (χ4v) is 1.42. The lowest BCUT2D eigenvalue weighted by Crippen LogP contribution is -2.06. The molecule has 0 heterocycles. The van der Waals surface area contributed by atoms with Crippen LogP contribution in [-0.2, 0) is 6.42 Å². The summed E-state index contributed by atoms with van der Waals surface area (Å²) in [5, 5.41) is 18.4. The minimum atomic E-state index is -0.382. The molecular weight excluding hydrogens is 221 g/mol. The van der Waals surface area contributed by atoms with Gasteiger partial charge in [0.1, 0.15) is 0 Å². The smallest absolute Gasteiger partial charge is 0.0734 e. The quantitative estimate of drug-likeness (QED) is 0.867. The van der Waals surface area contributed by atoms with Gasteiger partial charge in [0.05, 0.1) is 28.6 Å². The highest BCUT2D eigenvalue weighted by Crippen LogP contribution is 2.23. The van der Waals surface area contributed by atoms with E-state index in [0.717, 1.165) is 5.56 Å². The molecule has 1 atom stereocenters. The minimum Gasteiger partial charge on any atom is -0.395 e. The Balaban J connectivity index is 2.78. The summed E-state index contributed by atoms with van der Waals surface area (Å²) < 4.78 is 0. The summed E-state index contributed by atoms with van der Waals surface area (Å²) in [6.07, 6.45) is 0.490. The molecule has 1 N–H and O–H groups in total. The number of hydrogen-bond acceptors (Lipinski definition) is 2. The van der Waals surface area contributed by atoms with Crippen molar-refractivity contribution in [2.45, 2.75) is 6.42 Å². The van der Waals surface area contributed by atoms with E-state index >= 15 is 0 Å². The average Bonchev–Trinajstić information content (AvgIpc) is 2.19. The van der Waals surface area contributed by atoms with Crippen molar-refractivity contribution in [1.82, 2.24) is 0 Å². The van der Waals surface area contributed by atoms with Gasteiger partial charge in [-0.15, -0.1) is 0 Å². The molecule has 74 valence electrons. The molecule has 0 saturated heterocycles. The van der Waals surface area contributed by atoms with Crippen molar-refractivity contribution in [3.05, 3.63) is 33.8 Å². The zero-order valence-electron chi connectivity index (χ0n) is 7.37. The third kappa shape index (κ3) is 2.88. The molecule has 0 amide bonds. The Kier molecular flexibility index (Phi) is 4.21. The van der Waals surface area contributed by atoms with Crippen molar-refractivity contribution >= 4 is 23.2 Å². The first-order valence-corrected chi connectivity index (χ1v) is 4.87. The maximum atomic E-state index is 8.83. The number of aliphatic hydroxyl groups excluding tert-OH is 1. The van der Waals surface area contributed by atoms with E-state index in [1.165, 1.54) is 0 Å². The predicted molar refractivity (Wildman–Crippen MR) is 56.4 cm³/mol. The first kappa shape index (κ1) is 11.3. The SMILES string of the molecule is N#C[C@@H](CO)Cc1ccc(Cl)c(Cl)c1. The van der Waals surface area contributed by atoms with E-state index in [1.807, 2.05) is 6.07 Å². The second-order valence-corrected chi connectivity index (χ2v) is 3.78. The first-order chi connectivity index (χ1) is 6.67. The van der Waals surface area contributed by atoms with E-state index in [1.54, 1.807) is 18.2 Å². The highest BCUT2D eigenvalue weighted by Gasteiger charge is 2.08. The van der Waals surface area contributed by atoms with Crippen molar-refractivity contribution < 1.29 is 5.11 Å². The van der Waals surface area contributed by atoms with Crippen LogP contribution in [0.3, 0.4) is 0 Å². The first-order valence-electron chi connectivity index (χ1n) is 4.11. The minimum absolute atomic E-state index is 0.142. The lowest BCUT2D eigenvalue weighted by Gasteiger charge is -2.06. The number of rotatable bonds is 3. The molecule has 0 aliphatic rings. The molecule has 0 bridgehead atoms. The zero-order valence-corrected chi connectivity index (χ0v) is 8.89. The highest BCUT2D eigenvalue weighted by atomic mass is 35.5. The van der Waals surface area contributed by atoms with Crippen LogP contribution >= 0.6 is 23.2 Å². The molecule has 0 fully saturated rings. The molecule has 0 spiro atoms. The van der Waals surface area contributed by atoms with E-state index in [0.29, 0.717) is 16.5 Å². The Morgan fingerprint density at radius 2 is 2.07 bits per heavy atom. The lowest BCUT2D eigenvalue weighted by atomic mass is 10.0. The zero-order chi connectivity index (χ0) is 10.6. The molecule has 1 aromatic rings. The molecule has 0 aliphatic carbocycles. The summed E-state index contributed by atoms with van der Waals surface area (Å²) in [7, 11) is 0. The van der Waals surface area contributed by atoms with Crippen LogP contribution < -0.4 is 0 Å². The Bertz CT molecular complexity index is 360. The lowest BCUT2D eigenvalue weighted by molar-refractivity contribution is 0.255. The molecule has 0 unspecified atom stereocenters. The van der Waals surface area contributed by atoms with Crippen molar-refractivity contribution in [3.8, 4) is 6.07 Å². The van der Waals surface area contributed by atoms with Gasteiger partial charge in [-0.25, -0.2) is 0 Å². The molecule has 1 rings (SSSR count). The maximum Gasteiger partial charge on any atom is 0.0734 e. The topological polar surface area (TPSA) is 44.0 Å². The highest BCUT2D eigenvalue weighted by molar-refractivity contribution is 6.42. The molecule has 0 saturated carbocycles.